The third-order valence-electron chi connectivity index (χ3n) is 6.94. The van der Waals surface area contributed by atoms with E-state index in [0.717, 1.165) is 43.4 Å². The summed E-state index contributed by atoms with van der Waals surface area (Å²) in [6, 6.07) is 5.44. The van der Waals surface area contributed by atoms with Crippen LogP contribution in [0.4, 0.5) is 0 Å². The van der Waals surface area contributed by atoms with Crippen molar-refractivity contribution in [3.63, 3.8) is 0 Å². The maximum atomic E-state index is 11.0. The number of fused-ring (bicyclic) bond motifs is 5. The number of amides is 1. The smallest absolute Gasteiger partial charge is 0.258 e. The fraction of sp³-hybridized carbons (Fsp3) is 0.600. The molecule has 0 bridgehead atoms. The van der Waals surface area contributed by atoms with Crippen molar-refractivity contribution in [2.45, 2.75) is 51.0 Å². The molecule has 0 radical (unpaired) electrons. The number of nitrogens with two attached hydrogens (primary N) is 1. The van der Waals surface area contributed by atoms with Crippen molar-refractivity contribution in [2.75, 3.05) is 6.61 Å². The summed E-state index contributed by atoms with van der Waals surface area (Å²) in [6.45, 7) is 1.96. The van der Waals surface area contributed by atoms with Gasteiger partial charge in [-0.05, 0) is 73.0 Å². The molecule has 1 aromatic carbocycles. The summed E-state index contributed by atoms with van der Waals surface area (Å²) in [6.07, 6.45) is 4.43. The first-order chi connectivity index (χ1) is 12.4. The first kappa shape index (κ1) is 17.3. The predicted molar refractivity (Wildman–Crippen MR) is 96.7 cm³/mol. The highest BCUT2D eigenvalue weighted by Gasteiger charge is 2.55. The second-order valence-electron chi connectivity index (χ2n) is 8.27. The number of carbonyl (C=O) groups is 1. The Kier molecular flexibility index (Phi) is 4.18. The lowest BCUT2D eigenvalue weighted by Crippen LogP contribution is -2.45. The molecule has 3 aliphatic rings. The Morgan fingerprint density at radius 2 is 2.19 bits per heavy atom. The summed E-state index contributed by atoms with van der Waals surface area (Å²) >= 11 is 0. The van der Waals surface area contributed by atoms with E-state index < -0.39 is 5.91 Å². The molecule has 1 amide bonds. The van der Waals surface area contributed by atoms with Crippen LogP contribution in [0.25, 0.3) is 0 Å². The van der Waals surface area contributed by atoms with Gasteiger partial charge >= 0.3 is 0 Å². The Bertz CT molecular complexity index is 762. The fourth-order valence-corrected chi connectivity index (χ4v) is 5.64. The normalized spacial score (nSPS) is 36.9. The van der Waals surface area contributed by atoms with E-state index in [4.69, 9.17) is 10.6 Å². The quantitative estimate of drug-likeness (QED) is 0.721. The number of phenols is 1. The Morgan fingerprint density at radius 1 is 1.38 bits per heavy atom. The number of hydrogen-bond acceptors (Lipinski definition) is 5. The average Bonchev–Trinajstić information content (AvgIpc) is 2.90. The van der Waals surface area contributed by atoms with Crippen molar-refractivity contribution in [3.8, 4) is 5.75 Å². The molecule has 1 aromatic rings. The van der Waals surface area contributed by atoms with E-state index in [0.29, 0.717) is 17.8 Å². The van der Waals surface area contributed by atoms with Crippen molar-refractivity contribution in [2.24, 2.45) is 28.1 Å². The molecule has 4 N–H and O–H groups in total. The molecule has 2 fully saturated rings. The lowest BCUT2D eigenvalue weighted by atomic mass is 9.55. The number of carbonyl (C=O) groups excluding carboxylic acids is 1. The highest BCUT2D eigenvalue weighted by Crippen LogP contribution is 2.60. The predicted octanol–water partition coefficient (Wildman–Crippen LogP) is 2.27. The first-order valence-electron chi connectivity index (χ1n) is 9.38. The molecule has 140 valence electrons. The van der Waals surface area contributed by atoms with E-state index in [2.05, 4.69) is 12.1 Å². The molecule has 26 heavy (non-hydrogen) atoms. The summed E-state index contributed by atoms with van der Waals surface area (Å²) in [4.78, 5) is 16.1. The van der Waals surface area contributed by atoms with Crippen molar-refractivity contribution < 1.29 is 19.8 Å². The fourth-order valence-electron chi connectivity index (χ4n) is 5.64. The van der Waals surface area contributed by atoms with Gasteiger partial charge in [-0.2, -0.15) is 0 Å². The molecule has 3 aliphatic carbocycles. The zero-order valence-corrected chi connectivity index (χ0v) is 15.0. The lowest BCUT2D eigenvalue weighted by molar-refractivity contribution is -0.122. The lowest BCUT2D eigenvalue weighted by Gasteiger charge is -2.50. The molecule has 6 nitrogen and oxygen atoms in total. The van der Waals surface area contributed by atoms with Crippen LogP contribution in [0.3, 0.4) is 0 Å². The second kappa shape index (κ2) is 6.27. The van der Waals surface area contributed by atoms with Gasteiger partial charge in [0.1, 0.15) is 5.75 Å². The summed E-state index contributed by atoms with van der Waals surface area (Å²) in [7, 11) is 0. The number of hydrogen-bond donors (Lipinski definition) is 3. The number of aliphatic hydroxyl groups is 1. The van der Waals surface area contributed by atoms with Crippen molar-refractivity contribution in [1.29, 1.82) is 0 Å². The van der Waals surface area contributed by atoms with Gasteiger partial charge in [0, 0.05) is 5.56 Å². The van der Waals surface area contributed by atoms with Crippen LogP contribution in [0.15, 0.2) is 23.4 Å². The summed E-state index contributed by atoms with van der Waals surface area (Å²) in [5.74, 6) is 0.868. The van der Waals surface area contributed by atoms with Gasteiger partial charge in [0.15, 0.2) is 6.61 Å². The third kappa shape index (κ3) is 2.67. The number of aliphatic hydroxyl groups excluding tert-OH is 1. The Labute approximate surface area is 153 Å². The van der Waals surface area contributed by atoms with Crippen LogP contribution in [-0.2, 0) is 9.63 Å². The number of primary amides is 1. The van der Waals surface area contributed by atoms with Crippen LogP contribution < -0.4 is 5.73 Å². The molecule has 6 heteroatoms. The minimum absolute atomic E-state index is 0.0330. The zero-order valence-electron chi connectivity index (χ0n) is 15.0. The molecule has 0 heterocycles. The van der Waals surface area contributed by atoms with E-state index in [1.54, 1.807) is 12.1 Å². The minimum atomic E-state index is -0.566. The number of rotatable bonds is 3. The van der Waals surface area contributed by atoms with E-state index in [1.165, 1.54) is 5.56 Å². The SMILES string of the molecule is C[C@]12CC[C@@H]3c4ccc(O)cc4/C(=N/OCC(N)=O)C[C@H]3[C@@H]1CC[C@@H]2O. The topological polar surface area (TPSA) is 105 Å². The van der Waals surface area contributed by atoms with Gasteiger partial charge in [-0.3, -0.25) is 4.79 Å². The molecular weight excluding hydrogens is 332 g/mol. The molecule has 0 saturated heterocycles. The first-order valence-corrected chi connectivity index (χ1v) is 9.38. The summed E-state index contributed by atoms with van der Waals surface area (Å²) in [5.41, 5.74) is 7.94. The van der Waals surface area contributed by atoms with Gasteiger partial charge in [-0.15, -0.1) is 0 Å². The van der Waals surface area contributed by atoms with E-state index in [-0.39, 0.29) is 23.9 Å². The van der Waals surface area contributed by atoms with Crippen LogP contribution in [0, 0.1) is 17.3 Å². The van der Waals surface area contributed by atoms with E-state index >= 15 is 0 Å². The second-order valence-corrected chi connectivity index (χ2v) is 8.27. The minimum Gasteiger partial charge on any atom is -0.508 e. The maximum Gasteiger partial charge on any atom is 0.258 e. The Hall–Kier alpha value is -2.08. The standard InChI is InChI=1S/C20H26N2O4/c1-20-7-6-13-12-3-2-11(23)8-15(12)17(22-26-10-19(21)25)9-14(13)16(20)4-5-18(20)24/h2-3,8,13-14,16,18,23-24H,4-7,9-10H2,1H3,(H2,21,25)/b22-17+/t13-,14-,16+,18+,20+/m1/s1. The molecule has 4 rings (SSSR count). The largest absolute Gasteiger partial charge is 0.508 e. The Balaban J connectivity index is 1.72. The van der Waals surface area contributed by atoms with Gasteiger partial charge in [-0.25, -0.2) is 0 Å². The highest BCUT2D eigenvalue weighted by atomic mass is 16.6. The van der Waals surface area contributed by atoms with E-state index in [1.807, 2.05) is 6.07 Å². The van der Waals surface area contributed by atoms with Crippen LogP contribution in [-0.4, -0.2) is 34.5 Å². The maximum absolute atomic E-state index is 11.0. The number of nitrogens with zero attached hydrogens (tertiary/aromatic N) is 1. The molecule has 0 aromatic heterocycles. The number of benzene rings is 1. The van der Waals surface area contributed by atoms with Gasteiger partial charge in [-0.1, -0.05) is 18.1 Å². The average molecular weight is 358 g/mol. The molecular formula is C20H26N2O4. The number of aromatic hydroxyl groups is 1. The van der Waals surface area contributed by atoms with Gasteiger partial charge in [0.25, 0.3) is 5.91 Å². The summed E-state index contributed by atoms with van der Waals surface area (Å²) < 4.78 is 0. The van der Waals surface area contributed by atoms with Gasteiger partial charge < -0.3 is 20.8 Å². The number of oxime groups is 1. The number of phenolic OH excluding ortho intramolecular Hbond substituents is 1. The van der Waals surface area contributed by atoms with Crippen LogP contribution in [0.2, 0.25) is 0 Å². The Morgan fingerprint density at radius 3 is 2.96 bits per heavy atom. The van der Waals surface area contributed by atoms with Crippen molar-refractivity contribution >= 4 is 11.6 Å². The monoisotopic (exact) mass is 358 g/mol. The zero-order chi connectivity index (χ0) is 18.5. The van der Waals surface area contributed by atoms with Crippen molar-refractivity contribution in [1.82, 2.24) is 0 Å². The summed E-state index contributed by atoms with van der Waals surface area (Å²) in [5, 5.41) is 24.7. The van der Waals surface area contributed by atoms with Crippen molar-refractivity contribution in [3.05, 3.63) is 29.3 Å². The van der Waals surface area contributed by atoms with Gasteiger partial charge in [0.2, 0.25) is 0 Å². The van der Waals surface area contributed by atoms with Gasteiger partial charge in [0.05, 0.1) is 11.8 Å². The molecule has 2 saturated carbocycles. The highest BCUT2D eigenvalue weighted by molar-refractivity contribution is 6.03. The molecule has 0 spiro atoms. The molecule has 5 atom stereocenters. The molecule has 0 unspecified atom stereocenters. The van der Waals surface area contributed by atoms with Crippen LogP contribution in [0.1, 0.15) is 56.1 Å². The van der Waals surface area contributed by atoms with Crippen LogP contribution in [0.5, 0.6) is 5.75 Å². The van der Waals surface area contributed by atoms with E-state index in [9.17, 15) is 15.0 Å². The molecule has 0 aliphatic heterocycles. The van der Waals surface area contributed by atoms with Crippen LogP contribution >= 0.6 is 0 Å². The third-order valence-corrected chi connectivity index (χ3v) is 6.94.